The highest BCUT2D eigenvalue weighted by molar-refractivity contribution is 5.99. The van der Waals surface area contributed by atoms with Crippen LogP contribution in [0.25, 0.3) is 0 Å². The molecule has 62 valence electrons. The molecule has 0 aromatic carbocycles. The number of hydrogen-bond donors (Lipinski definition) is 2. The van der Waals surface area contributed by atoms with E-state index in [-0.39, 0.29) is 18.6 Å². The average molecular weight is 158 g/mol. The number of aliphatic hydroxyl groups is 2. The van der Waals surface area contributed by atoms with Crippen molar-refractivity contribution in [2.45, 2.75) is 25.6 Å². The Bertz CT molecular complexity index is 206. The van der Waals surface area contributed by atoms with Crippen LogP contribution < -0.4 is 0 Å². The fourth-order valence-electron chi connectivity index (χ4n) is 1.10. The molecule has 0 aliphatic heterocycles. The Hall–Kier alpha value is -0.740. The van der Waals surface area contributed by atoms with E-state index in [1.807, 2.05) is 0 Å². The van der Waals surface area contributed by atoms with Crippen molar-refractivity contribution in [3.05, 3.63) is 0 Å². The fraction of sp³-hybridized carbons (Fsp3) is 0.714. The molecule has 1 fully saturated rings. The second-order valence-electron chi connectivity index (χ2n) is 2.84. The highest BCUT2D eigenvalue weighted by Crippen LogP contribution is 2.25. The molecule has 0 radical (unpaired) electrons. The van der Waals surface area contributed by atoms with Crippen LogP contribution in [0.1, 0.15) is 19.8 Å². The quantitative estimate of drug-likeness (QED) is 0.454. The van der Waals surface area contributed by atoms with Crippen LogP contribution in [-0.4, -0.2) is 27.6 Å². The van der Waals surface area contributed by atoms with Crippen molar-refractivity contribution in [2.24, 2.45) is 5.92 Å². The summed E-state index contributed by atoms with van der Waals surface area (Å²) in [7, 11) is 0. The molecule has 1 saturated carbocycles. The smallest absolute Gasteiger partial charge is 0.233 e. The predicted molar refractivity (Wildman–Crippen MR) is 35.6 cm³/mol. The molecule has 1 unspecified atom stereocenters. The zero-order chi connectivity index (χ0) is 8.65. The second-order valence-corrected chi connectivity index (χ2v) is 2.84. The van der Waals surface area contributed by atoms with Crippen molar-refractivity contribution in [3.8, 4) is 0 Å². The third-order valence-corrected chi connectivity index (χ3v) is 2.10. The monoisotopic (exact) mass is 158 g/mol. The molecule has 0 spiro atoms. The van der Waals surface area contributed by atoms with Gasteiger partial charge in [0.25, 0.3) is 0 Å². The topological polar surface area (TPSA) is 74.6 Å². The molecule has 1 aliphatic rings. The van der Waals surface area contributed by atoms with Gasteiger partial charge >= 0.3 is 0 Å². The van der Waals surface area contributed by atoms with Gasteiger partial charge in [-0.15, -0.1) is 0 Å². The van der Waals surface area contributed by atoms with Crippen molar-refractivity contribution in [3.63, 3.8) is 0 Å². The first-order valence-electron chi connectivity index (χ1n) is 3.47. The lowest BCUT2D eigenvalue weighted by Crippen LogP contribution is -2.51. The van der Waals surface area contributed by atoms with Gasteiger partial charge in [0.2, 0.25) is 5.79 Å². The van der Waals surface area contributed by atoms with Gasteiger partial charge in [0.1, 0.15) is 5.78 Å². The zero-order valence-electron chi connectivity index (χ0n) is 6.20. The zero-order valence-corrected chi connectivity index (χ0v) is 6.20. The molecule has 2 N–H and O–H groups in total. The van der Waals surface area contributed by atoms with Gasteiger partial charge in [0.05, 0.1) is 5.92 Å². The van der Waals surface area contributed by atoms with E-state index in [9.17, 15) is 9.59 Å². The SMILES string of the molecule is CC1C(=O)CCC(=O)C1(O)O. The Morgan fingerprint density at radius 1 is 1.36 bits per heavy atom. The van der Waals surface area contributed by atoms with E-state index >= 15 is 0 Å². The lowest BCUT2D eigenvalue weighted by molar-refractivity contribution is -0.206. The fourth-order valence-corrected chi connectivity index (χ4v) is 1.10. The van der Waals surface area contributed by atoms with Gasteiger partial charge in [-0.1, -0.05) is 0 Å². The molecule has 4 heteroatoms. The van der Waals surface area contributed by atoms with Crippen molar-refractivity contribution in [1.82, 2.24) is 0 Å². The van der Waals surface area contributed by atoms with Gasteiger partial charge < -0.3 is 10.2 Å². The number of carbonyl (C=O) groups excluding carboxylic acids is 2. The highest BCUT2D eigenvalue weighted by Gasteiger charge is 2.46. The van der Waals surface area contributed by atoms with E-state index < -0.39 is 17.5 Å². The normalized spacial score (nSPS) is 30.6. The van der Waals surface area contributed by atoms with E-state index in [2.05, 4.69) is 0 Å². The maximum atomic E-state index is 10.9. The van der Waals surface area contributed by atoms with Crippen molar-refractivity contribution in [1.29, 1.82) is 0 Å². The number of hydrogen-bond acceptors (Lipinski definition) is 4. The third-order valence-electron chi connectivity index (χ3n) is 2.10. The maximum Gasteiger partial charge on any atom is 0.233 e. The molecular weight excluding hydrogens is 148 g/mol. The van der Waals surface area contributed by atoms with Crippen LogP contribution in [0, 0.1) is 5.92 Å². The van der Waals surface area contributed by atoms with Gasteiger partial charge in [-0.2, -0.15) is 0 Å². The summed E-state index contributed by atoms with van der Waals surface area (Å²) in [6.07, 6.45) is 0.0685. The highest BCUT2D eigenvalue weighted by atomic mass is 16.5. The molecule has 0 heterocycles. The minimum absolute atomic E-state index is 0.0594. The summed E-state index contributed by atoms with van der Waals surface area (Å²) in [6.45, 7) is 1.35. The molecule has 11 heavy (non-hydrogen) atoms. The van der Waals surface area contributed by atoms with Crippen LogP contribution in [0.4, 0.5) is 0 Å². The first kappa shape index (κ1) is 8.36. The molecule has 0 aromatic rings. The van der Waals surface area contributed by atoms with E-state index in [0.717, 1.165) is 0 Å². The Labute approximate surface area is 63.8 Å². The standard InChI is InChI=1S/C7H10O4/c1-4-5(8)2-3-6(9)7(4,10)11/h4,10-11H,2-3H2,1H3. The lowest BCUT2D eigenvalue weighted by Gasteiger charge is -2.29. The van der Waals surface area contributed by atoms with Crippen molar-refractivity contribution >= 4 is 11.6 Å². The summed E-state index contributed by atoms with van der Waals surface area (Å²) in [5.74, 6) is -4.34. The van der Waals surface area contributed by atoms with Crippen LogP contribution in [0.15, 0.2) is 0 Å². The summed E-state index contributed by atoms with van der Waals surface area (Å²) >= 11 is 0. The molecule has 0 amide bonds. The maximum absolute atomic E-state index is 10.9. The summed E-state index contributed by atoms with van der Waals surface area (Å²) < 4.78 is 0. The second kappa shape index (κ2) is 2.39. The van der Waals surface area contributed by atoms with E-state index in [1.54, 1.807) is 0 Å². The first-order valence-corrected chi connectivity index (χ1v) is 3.47. The summed E-state index contributed by atoms with van der Waals surface area (Å²) in [4.78, 5) is 21.7. The summed E-state index contributed by atoms with van der Waals surface area (Å²) in [5, 5.41) is 18.1. The number of carbonyl (C=O) groups is 2. The average Bonchev–Trinajstić information content (AvgIpc) is 1.95. The molecule has 1 aliphatic carbocycles. The first-order chi connectivity index (χ1) is 4.96. The Kier molecular flexibility index (Phi) is 1.82. The number of rotatable bonds is 0. The van der Waals surface area contributed by atoms with Crippen molar-refractivity contribution < 1.29 is 19.8 Å². The molecule has 0 saturated heterocycles. The Morgan fingerprint density at radius 3 is 2.36 bits per heavy atom. The molecule has 0 bridgehead atoms. The molecule has 1 rings (SSSR count). The van der Waals surface area contributed by atoms with Crippen LogP contribution in [0.3, 0.4) is 0 Å². The van der Waals surface area contributed by atoms with Crippen molar-refractivity contribution in [2.75, 3.05) is 0 Å². The molecular formula is C7H10O4. The Balaban J connectivity index is 2.89. The van der Waals surface area contributed by atoms with Gasteiger partial charge in [-0.3, -0.25) is 9.59 Å². The van der Waals surface area contributed by atoms with Gasteiger partial charge in [0.15, 0.2) is 5.78 Å². The van der Waals surface area contributed by atoms with E-state index in [0.29, 0.717) is 0 Å². The third kappa shape index (κ3) is 1.19. The van der Waals surface area contributed by atoms with Crippen LogP contribution in [0.2, 0.25) is 0 Å². The largest absolute Gasteiger partial charge is 0.359 e. The van der Waals surface area contributed by atoms with Gasteiger partial charge in [-0.05, 0) is 6.92 Å². The van der Waals surface area contributed by atoms with E-state index in [1.165, 1.54) is 6.92 Å². The van der Waals surface area contributed by atoms with Gasteiger partial charge in [-0.25, -0.2) is 0 Å². The lowest BCUT2D eigenvalue weighted by atomic mass is 9.83. The van der Waals surface area contributed by atoms with Crippen LogP contribution in [-0.2, 0) is 9.59 Å². The summed E-state index contributed by atoms with van der Waals surface area (Å²) in [6, 6.07) is 0. The number of Topliss-reactive ketones (excluding diaryl/α,β-unsaturated/α-hetero) is 2. The Morgan fingerprint density at radius 2 is 1.91 bits per heavy atom. The van der Waals surface area contributed by atoms with Gasteiger partial charge in [0, 0.05) is 12.8 Å². The molecule has 1 atom stereocenters. The van der Waals surface area contributed by atoms with E-state index in [4.69, 9.17) is 10.2 Å². The number of ketones is 2. The van der Waals surface area contributed by atoms with Crippen LogP contribution >= 0.6 is 0 Å². The predicted octanol–water partition coefficient (Wildman–Crippen LogP) is -0.765. The molecule has 4 nitrogen and oxygen atoms in total. The molecule has 0 aromatic heterocycles. The summed E-state index contributed by atoms with van der Waals surface area (Å²) in [5.41, 5.74) is 0. The minimum atomic E-state index is -2.42. The minimum Gasteiger partial charge on any atom is -0.359 e. The van der Waals surface area contributed by atoms with Crippen LogP contribution in [0.5, 0.6) is 0 Å².